The van der Waals surface area contributed by atoms with Gasteiger partial charge in [-0.25, -0.2) is 0 Å². The Kier molecular flexibility index (Phi) is 5.26. The van der Waals surface area contributed by atoms with Gasteiger partial charge >= 0.3 is 0 Å². The topological polar surface area (TPSA) is 28.2 Å². The van der Waals surface area contributed by atoms with Crippen LogP contribution in [-0.4, -0.2) is 28.5 Å². The molecule has 1 heterocycles. The first kappa shape index (κ1) is 15.0. The van der Waals surface area contributed by atoms with E-state index in [4.69, 9.17) is 0 Å². The molecule has 0 amide bonds. The van der Waals surface area contributed by atoms with Gasteiger partial charge in [-0.2, -0.15) is 0 Å². The molecule has 2 aliphatic rings. The Morgan fingerprint density at radius 3 is 2.57 bits per heavy atom. The number of pyridine rings is 1. The van der Waals surface area contributed by atoms with Gasteiger partial charge in [-0.1, -0.05) is 32.3 Å². The molecule has 0 saturated heterocycles. The molecule has 1 N–H and O–H groups in total. The number of aromatic nitrogens is 1. The van der Waals surface area contributed by atoms with Crippen molar-refractivity contribution < 1.29 is 0 Å². The summed E-state index contributed by atoms with van der Waals surface area (Å²) >= 11 is 0. The summed E-state index contributed by atoms with van der Waals surface area (Å²) < 4.78 is 0. The summed E-state index contributed by atoms with van der Waals surface area (Å²) in [5.74, 6) is 0. The highest BCUT2D eigenvalue weighted by Crippen LogP contribution is 2.23. The summed E-state index contributed by atoms with van der Waals surface area (Å²) in [6.07, 6.45) is 11.7. The van der Waals surface area contributed by atoms with E-state index in [0.717, 1.165) is 31.7 Å². The van der Waals surface area contributed by atoms with E-state index >= 15 is 0 Å². The van der Waals surface area contributed by atoms with Gasteiger partial charge in [-0.05, 0) is 43.9 Å². The fourth-order valence-electron chi connectivity index (χ4n) is 3.36. The molecule has 21 heavy (non-hydrogen) atoms. The van der Waals surface area contributed by atoms with Crippen LogP contribution in [0.5, 0.6) is 0 Å². The van der Waals surface area contributed by atoms with Crippen molar-refractivity contribution in [3.05, 3.63) is 29.6 Å². The third-order valence-corrected chi connectivity index (χ3v) is 4.92. The lowest BCUT2D eigenvalue weighted by atomic mass is 9.94. The SMILES string of the molecule is CCN(Cc1ccc(CNC2CC2)cn1)C1CCCCC1. The van der Waals surface area contributed by atoms with Crippen molar-refractivity contribution in [3.8, 4) is 0 Å². The lowest BCUT2D eigenvalue weighted by Crippen LogP contribution is -2.36. The summed E-state index contributed by atoms with van der Waals surface area (Å²) in [7, 11) is 0. The minimum atomic E-state index is 0.770. The molecule has 0 atom stereocenters. The van der Waals surface area contributed by atoms with Crippen molar-refractivity contribution in [2.45, 2.75) is 77.0 Å². The van der Waals surface area contributed by atoms with Crippen LogP contribution in [0, 0.1) is 0 Å². The number of hydrogen-bond donors (Lipinski definition) is 1. The van der Waals surface area contributed by atoms with E-state index in [1.807, 2.05) is 0 Å². The van der Waals surface area contributed by atoms with E-state index in [-0.39, 0.29) is 0 Å². The van der Waals surface area contributed by atoms with Gasteiger partial charge in [0.05, 0.1) is 5.69 Å². The van der Waals surface area contributed by atoms with Crippen LogP contribution in [0.3, 0.4) is 0 Å². The predicted octanol–water partition coefficient (Wildman–Crippen LogP) is 3.49. The number of hydrogen-bond acceptors (Lipinski definition) is 3. The van der Waals surface area contributed by atoms with Crippen LogP contribution >= 0.6 is 0 Å². The van der Waals surface area contributed by atoms with Gasteiger partial charge in [0.25, 0.3) is 0 Å². The summed E-state index contributed by atoms with van der Waals surface area (Å²) in [5, 5.41) is 3.55. The van der Waals surface area contributed by atoms with E-state index in [0.29, 0.717) is 0 Å². The fourth-order valence-corrected chi connectivity index (χ4v) is 3.36. The molecule has 1 aromatic heterocycles. The molecule has 3 heteroatoms. The second-order valence-electron chi connectivity index (χ2n) is 6.67. The Bertz CT molecular complexity index is 419. The summed E-state index contributed by atoms with van der Waals surface area (Å²) in [5.41, 5.74) is 2.53. The molecule has 2 fully saturated rings. The summed E-state index contributed by atoms with van der Waals surface area (Å²) in [6, 6.07) is 6.01. The van der Waals surface area contributed by atoms with E-state index in [2.05, 4.69) is 40.5 Å². The smallest absolute Gasteiger partial charge is 0.0544 e. The van der Waals surface area contributed by atoms with Crippen molar-refractivity contribution in [3.63, 3.8) is 0 Å². The van der Waals surface area contributed by atoms with Gasteiger partial charge in [0.2, 0.25) is 0 Å². The zero-order chi connectivity index (χ0) is 14.5. The van der Waals surface area contributed by atoms with Gasteiger partial charge in [-0.3, -0.25) is 9.88 Å². The molecule has 0 bridgehead atoms. The van der Waals surface area contributed by atoms with Gasteiger partial charge in [-0.15, -0.1) is 0 Å². The monoisotopic (exact) mass is 287 g/mol. The van der Waals surface area contributed by atoms with Crippen LogP contribution < -0.4 is 5.32 Å². The molecule has 2 saturated carbocycles. The first-order chi connectivity index (χ1) is 10.3. The zero-order valence-corrected chi connectivity index (χ0v) is 13.4. The highest BCUT2D eigenvalue weighted by Gasteiger charge is 2.21. The van der Waals surface area contributed by atoms with Crippen LogP contribution in [0.4, 0.5) is 0 Å². The standard InChI is InChI=1S/C18H29N3/c1-2-21(18-6-4-3-5-7-18)14-17-9-8-15(13-20-17)12-19-16-10-11-16/h8-9,13,16,18-19H,2-7,10-12,14H2,1H3. The van der Waals surface area contributed by atoms with Crippen molar-refractivity contribution in [2.75, 3.05) is 6.54 Å². The van der Waals surface area contributed by atoms with Gasteiger partial charge in [0.15, 0.2) is 0 Å². The number of rotatable bonds is 7. The average Bonchev–Trinajstić information content (AvgIpc) is 3.37. The van der Waals surface area contributed by atoms with Gasteiger partial charge < -0.3 is 5.32 Å². The maximum atomic E-state index is 4.68. The normalized spacial score (nSPS) is 20.1. The zero-order valence-electron chi connectivity index (χ0n) is 13.4. The number of nitrogens with one attached hydrogen (secondary N) is 1. The van der Waals surface area contributed by atoms with E-state index < -0.39 is 0 Å². The molecular weight excluding hydrogens is 258 g/mol. The van der Waals surface area contributed by atoms with Crippen LogP contribution in [0.2, 0.25) is 0 Å². The third kappa shape index (κ3) is 4.52. The van der Waals surface area contributed by atoms with Gasteiger partial charge in [0, 0.05) is 31.4 Å². The Balaban J connectivity index is 1.52. The average molecular weight is 287 g/mol. The Morgan fingerprint density at radius 1 is 1.14 bits per heavy atom. The minimum absolute atomic E-state index is 0.770. The van der Waals surface area contributed by atoms with Crippen LogP contribution in [-0.2, 0) is 13.1 Å². The van der Waals surface area contributed by atoms with Crippen LogP contribution in [0.15, 0.2) is 18.3 Å². The molecule has 2 aliphatic carbocycles. The van der Waals surface area contributed by atoms with E-state index in [9.17, 15) is 0 Å². The highest BCUT2D eigenvalue weighted by atomic mass is 15.2. The molecule has 0 spiro atoms. The third-order valence-electron chi connectivity index (χ3n) is 4.92. The number of nitrogens with zero attached hydrogens (tertiary/aromatic N) is 2. The second-order valence-corrected chi connectivity index (χ2v) is 6.67. The maximum Gasteiger partial charge on any atom is 0.0544 e. The van der Waals surface area contributed by atoms with E-state index in [1.54, 1.807) is 0 Å². The van der Waals surface area contributed by atoms with Gasteiger partial charge in [0.1, 0.15) is 0 Å². The summed E-state index contributed by atoms with van der Waals surface area (Å²) in [6.45, 7) is 5.40. The fraction of sp³-hybridized carbons (Fsp3) is 0.722. The molecular formula is C18H29N3. The quantitative estimate of drug-likeness (QED) is 0.832. The maximum absolute atomic E-state index is 4.68. The molecule has 3 nitrogen and oxygen atoms in total. The Morgan fingerprint density at radius 2 is 1.95 bits per heavy atom. The Hall–Kier alpha value is -0.930. The lowest BCUT2D eigenvalue weighted by molar-refractivity contribution is 0.154. The molecule has 116 valence electrons. The molecule has 0 aliphatic heterocycles. The van der Waals surface area contributed by atoms with Crippen LogP contribution in [0.25, 0.3) is 0 Å². The van der Waals surface area contributed by atoms with Crippen molar-refractivity contribution in [2.24, 2.45) is 0 Å². The van der Waals surface area contributed by atoms with Crippen molar-refractivity contribution in [1.29, 1.82) is 0 Å². The first-order valence-electron chi connectivity index (χ1n) is 8.76. The molecule has 0 unspecified atom stereocenters. The minimum Gasteiger partial charge on any atom is -0.310 e. The van der Waals surface area contributed by atoms with Crippen LogP contribution in [0.1, 0.15) is 63.1 Å². The van der Waals surface area contributed by atoms with E-state index in [1.165, 1.54) is 56.2 Å². The van der Waals surface area contributed by atoms with Crippen molar-refractivity contribution >= 4 is 0 Å². The first-order valence-corrected chi connectivity index (χ1v) is 8.76. The largest absolute Gasteiger partial charge is 0.310 e. The molecule has 3 rings (SSSR count). The summed E-state index contributed by atoms with van der Waals surface area (Å²) in [4.78, 5) is 7.29. The Labute approximate surface area is 129 Å². The predicted molar refractivity (Wildman–Crippen MR) is 87.1 cm³/mol. The van der Waals surface area contributed by atoms with Crippen molar-refractivity contribution in [1.82, 2.24) is 15.2 Å². The molecule has 0 aromatic carbocycles. The lowest BCUT2D eigenvalue weighted by Gasteiger charge is -2.33. The second kappa shape index (κ2) is 7.37. The molecule has 1 aromatic rings. The highest BCUT2D eigenvalue weighted by molar-refractivity contribution is 5.14. The molecule has 0 radical (unpaired) electrons.